The Morgan fingerprint density at radius 2 is 1.95 bits per heavy atom. The molecule has 0 radical (unpaired) electrons. The maximum absolute atomic E-state index is 13.9. The van der Waals surface area contributed by atoms with Crippen LogP contribution < -0.4 is 5.32 Å². The van der Waals surface area contributed by atoms with Crippen molar-refractivity contribution in [3.8, 4) is 0 Å². The Morgan fingerprint density at radius 1 is 1.29 bits per heavy atom. The number of halogens is 2. The summed E-state index contributed by atoms with van der Waals surface area (Å²) in [5.74, 6) is -0.376. The fourth-order valence-corrected chi connectivity index (χ4v) is 3.07. The largest absolute Gasteiger partial charge is 0.311 e. The van der Waals surface area contributed by atoms with E-state index in [1.807, 2.05) is 0 Å². The zero-order valence-corrected chi connectivity index (χ0v) is 13.2. The molecule has 3 atom stereocenters. The Morgan fingerprint density at radius 3 is 2.52 bits per heavy atom. The van der Waals surface area contributed by atoms with Crippen LogP contribution in [-0.4, -0.2) is 30.1 Å². The Bertz CT molecular complexity index is 444. The summed E-state index contributed by atoms with van der Waals surface area (Å²) in [6.45, 7) is 8.61. The first-order chi connectivity index (χ1) is 10.1. The number of nitrogens with one attached hydrogen (secondary N) is 1. The summed E-state index contributed by atoms with van der Waals surface area (Å²) in [6.07, 6.45) is 2.10. The molecule has 1 aliphatic heterocycles. The van der Waals surface area contributed by atoms with Gasteiger partial charge >= 0.3 is 0 Å². The van der Waals surface area contributed by atoms with E-state index < -0.39 is 11.6 Å². The van der Waals surface area contributed by atoms with E-state index in [-0.39, 0.29) is 5.56 Å². The van der Waals surface area contributed by atoms with Crippen molar-refractivity contribution in [1.29, 1.82) is 0 Å². The maximum atomic E-state index is 13.9. The molecule has 0 spiro atoms. The molecule has 118 valence electrons. The lowest BCUT2D eigenvalue weighted by molar-refractivity contribution is 0.0810. The predicted molar refractivity (Wildman–Crippen MR) is 82.1 cm³/mol. The van der Waals surface area contributed by atoms with Crippen LogP contribution >= 0.6 is 0 Å². The van der Waals surface area contributed by atoms with E-state index in [0.29, 0.717) is 24.5 Å². The number of piperazine rings is 1. The molecular formula is C17H26F2N2. The molecule has 1 aliphatic rings. The first kappa shape index (κ1) is 16.4. The molecular weight excluding hydrogens is 270 g/mol. The fraction of sp³-hybridized carbons (Fsp3) is 0.647. The van der Waals surface area contributed by atoms with Crippen LogP contribution in [0.4, 0.5) is 8.78 Å². The zero-order chi connectivity index (χ0) is 15.4. The smallest absolute Gasteiger partial charge is 0.130 e. The van der Waals surface area contributed by atoms with Gasteiger partial charge in [0.05, 0.1) is 0 Å². The van der Waals surface area contributed by atoms with Crippen LogP contribution in [0.2, 0.25) is 0 Å². The number of hydrogen-bond donors (Lipinski definition) is 1. The van der Waals surface area contributed by atoms with E-state index in [1.165, 1.54) is 18.2 Å². The Hall–Kier alpha value is -1.00. The number of hydrogen-bond acceptors (Lipinski definition) is 2. The number of rotatable bonds is 5. The van der Waals surface area contributed by atoms with Gasteiger partial charge in [0.15, 0.2) is 0 Å². The minimum atomic E-state index is -0.440. The lowest BCUT2D eigenvalue weighted by atomic mass is 9.93. The highest BCUT2D eigenvalue weighted by molar-refractivity contribution is 5.20. The van der Waals surface area contributed by atoms with Gasteiger partial charge in [0.25, 0.3) is 0 Å². The van der Waals surface area contributed by atoms with Crippen LogP contribution in [0.5, 0.6) is 0 Å². The van der Waals surface area contributed by atoms with Crippen LogP contribution in [0.3, 0.4) is 0 Å². The van der Waals surface area contributed by atoms with Crippen molar-refractivity contribution in [1.82, 2.24) is 10.2 Å². The molecule has 1 aromatic rings. The van der Waals surface area contributed by atoms with Crippen LogP contribution in [-0.2, 0) is 6.54 Å². The third-order valence-electron chi connectivity index (χ3n) is 4.76. The molecule has 1 heterocycles. The predicted octanol–water partition coefficient (Wildman–Crippen LogP) is 3.56. The van der Waals surface area contributed by atoms with Gasteiger partial charge in [-0.2, -0.15) is 0 Å². The first-order valence-corrected chi connectivity index (χ1v) is 7.97. The SMILES string of the molecule is CCC1CN(Cc2c(F)cccc2F)C(C(C)CC)CN1. The summed E-state index contributed by atoms with van der Waals surface area (Å²) in [7, 11) is 0. The van der Waals surface area contributed by atoms with Gasteiger partial charge in [-0.1, -0.05) is 33.3 Å². The second-order valence-electron chi connectivity index (χ2n) is 6.10. The number of nitrogens with zero attached hydrogens (tertiary/aromatic N) is 1. The highest BCUT2D eigenvalue weighted by Crippen LogP contribution is 2.23. The van der Waals surface area contributed by atoms with Gasteiger partial charge in [0.1, 0.15) is 11.6 Å². The number of benzene rings is 1. The Kier molecular flexibility index (Phi) is 5.71. The first-order valence-electron chi connectivity index (χ1n) is 7.97. The van der Waals surface area contributed by atoms with E-state index in [2.05, 4.69) is 31.0 Å². The quantitative estimate of drug-likeness (QED) is 0.893. The molecule has 2 rings (SSSR count). The van der Waals surface area contributed by atoms with Crippen molar-refractivity contribution in [2.45, 2.75) is 52.2 Å². The van der Waals surface area contributed by atoms with Crippen LogP contribution in [0.15, 0.2) is 18.2 Å². The summed E-state index contributed by atoms with van der Waals surface area (Å²) in [5, 5.41) is 3.55. The highest BCUT2D eigenvalue weighted by atomic mass is 19.1. The standard InChI is InChI=1S/C17H26F2N2/c1-4-12(3)17-9-20-13(5-2)10-21(17)11-14-15(18)7-6-8-16(14)19/h6-8,12-13,17,20H,4-5,9-11H2,1-3H3. The molecule has 4 heteroatoms. The molecule has 0 aliphatic carbocycles. The summed E-state index contributed by atoms with van der Waals surface area (Å²) in [6, 6.07) is 4.84. The van der Waals surface area contributed by atoms with E-state index in [9.17, 15) is 8.78 Å². The fourth-order valence-electron chi connectivity index (χ4n) is 3.07. The van der Waals surface area contributed by atoms with Gasteiger partial charge in [-0.15, -0.1) is 0 Å². The highest BCUT2D eigenvalue weighted by Gasteiger charge is 2.31. The van der Waals surface area contributed by atoms with Gasteiger partial charge in [-0.25, -0.2) is 8.78 Å². The van der Waals surface area contributed by atoms with Crippen molar-refractivity contribution in [3.63, 3.8) is 0 Å². The molecule has 0 aromatic heterocycles. The lowest BCUT2D eigenvalue weighted by Crippen LogP contribution is -2.58. The third-order valence-corrected chi connectivity index (χ3v) is 4.76. The summed E-state index contributed by atoms with van der Waals surface area (Å²) >= 11 is 0. The molecule has 0 bridgehead atoms. The van der Waals surface area contributed by atoms with Gasteiger partial charge in [0, 0.05) is 37.3 Å². The molecule has 1 fully saturated rings. The zero-order valence-electron chi connectivity index (χ0n) is 13.2. The van der Waals surface area contributed by atoms with Gasteiger partial charge in [-0.3, -0.25) is 4.90 Å². The minimum Gasteiger partial charge on any atom is -0.311 e. The van der Waals surface area contributed by atoms with Crippen LogP contribution in [0.1, 0.15) is 39.2 Å². The molecule has 21 heavy (non-hydrogen) atoms. The van der Waals surface area contributed by atoms with Gasteiger partial charge < -0.3 is 5.32 Å². The van der Waals surface area contributed by atoms with Crippen molar-refractivity contribution in [3.05, 3.63) is 35.4 Å². The van der Waals surface area contributed by atoms with Gasteiger partial charge in [0.2, 0.25) is 0 Å². The summed E-state index contributed by atoms with van der Waals surface area (Å²) in [4.78, 5) is 2.25. The van der Waals surface area contributed by atoms with Crippen molar-refractivity contribution in [2.24, 2.45) is 5.92 Å². The van der Waals surface area contributed by atoms with Crippen molar-refractivity contribution >= 4 is 0 Å². The Balaban J connectivity index is 2.19. The van der Waals surface area contributed by atoms with E-state index in [4.69, 9.17) is 0 Å². The average Bonchev–Trinajstić information content (AvgIpc) is 2.50. The molecule has 3 unspecified atom stereocenters. The summed E-state index contributed by atoms with van der Waals surface area (Å²) < 4.78 is 27.8. The Labute approximate surface area is 126 Å². The monoisotopic (exact) mass is 296 g/mol. The average molecular weight is 296 g/mol. The molecule has 0 saturated carbocycles. The lowest BCUT2D eigenvalue weighted by Gasteiger charge is -2.43. The van der Waals surface area contributed by atoms with Crippen molar-refractivity contribution < 1.29 is 8.78 Å². The second kappa shape index (κ2) is 7.32. The van der Waals surface area contributed by atoms with E-state index in [0.717, 1.165) is 25.9 Å². The van der Waals surface area contributed by atoms with Crippen molar-refractivity contribution in [2.75, 3.05) is 13.1 Å². The molecule has 1 N–H and O–H groups in total. The molecule has 1 saturated heterocycles. The normalized spacial score (nSPS) is 25.0. The minimum absolute atomic E-state index is 0.197. The van der Waals surface area contributed by atoms with Crippen LogP contribution in [0, 0.1) is 17.6 Å². The molecule has 1 aromatic carbocycles. The maximum Gasteiger partial charge on any atom is 0.130 e. The molecule has 0 amide bonds. The third kappa shape index (κ3) is 3.80. The topological polar surface area (TPSA) is 15.3 Å². The van der Waals surface area contributed by atoms with Gasteiger partial charge in [-0.05, 0) is 24.5 Å². The van der Waals surface area contributed by atoms with E-state index >= 15 is 0 Å². The second-order valence-corrected chi connectivity index (χ2v) is 6.10. The summed E-state index contributed by atoms with van der Waals surface area (Å²) in [5.41, 5.74) is 0.197. The van der Waals surface area contributed by atoms with Crippen LogP contribution in [0.25, 0.3) is 0 Å². The molecule has 2 nitrogen and oxygen atoms in total. The van der Waals surface area contributed by atoms with E-state index in [1.54, 1.807) is 0 Å².